The van der Waals surface area contributed by atoms with Gasteiger partial charge in [-0.25, -0.2) is 0 Å². The van der Waals surface area contributed by atoms with Crippen molar-refractivity contribution in [3.63, 3.8) is 0 Å². The summed E-state index contributed by atoms with van der Waals surface area (Å²) in [4.78, 5) is 8.63. The molecule has 13 aromatic carbocycles. The van der Waals surface area contributed by atoms with Crippen molar-refractivity contribution in [3.8, 4) is 44.5 Å². The lowest BCUT2D eigenvalue weighted by molar-refractivity contribution is 0.419. The molecule has 4 heterocycles. The third kappa shape index (κ3) is 9.17. The van der Waals surface area contributed by atoms with Crippen LogP contribution in [0, 0.1) is 13.8 Å². The second-order valence-corrected chi connectivity index (χ2v) is 25.8. The summed E-state index contributed by atoms with van der Waals surface area (Å²) in [5.41, 5.74) is 27.6. The Kier molecular flexibility index (Phi) is 13.8. The Bertz CT molecular complexity index is 6180. The summed E-state index contributed by atoms with van der Waals surface area (Å²) in [5, 5.41) is 21.7. The first-order chi connectivity index (χ1) is 48.3. The highest BCUT2D eigenvalue weighted by Gasteiger charge is 2.31. The molecule has 1 aliphatic carbocycles. The quantitative estimate of drug-likeness (QED) is 0.107. The van der Waals surface area contributed by atoms with E-state index >= 15 is 0 Å². The van der Waals surface area contributed by atoms with Gasteiger partial charge in [0.1, 0.15) is 11.3 Å². The molecular weight excluding hydrogens is 1190 g/mol. The van der Waals surface area contributed by atoms with E-state index in [1.54, 1.807) is 0 Å². The van der Waals surface area contributed by atoms with Gasteiger partial charge in [-0.15, -0.1) is 0 Å². The number of furan rings is 1. The summed E-state index contributed by atoms with van der Waals surface area (Å²) < 4.78 is 9.75. The molecule has 1 aliphatic rings. The molecule has 466 valence electrons. The molecule has 6 heteroatoms. The van der Waals surface area contributed by atoms with Gasteiger partial charge in [0.2, 0.25) is 0 Å². The van der Waals surface area contributed by atoms with Crippen LogP contribution in [-0.2, 0) is 0 Å². The standard InChI is InChI=1S/C92H66N4O2/c1-5-60(54-59(4)94(65-36-14-8-15-37-65)80-50-26-43-71(90(80)97)64-35-22-34-63(55-64)68-40-20-18-28-57(68)2)70-42-23-48-76-84-83(62-32-12-7-13-33-62)89-85(82(87(84)93-86(70)76)61-30-10-6-11-31-61)77-49-24-44-72-78-56-67(52-53-79(78)96(89)88(72)77)95(66-38-16-9-17-39-66)81-51-27-47-75-74-46-25-45-73(91(74)98-92(75)81)69-41-21-19-29-58(69)3/h5-25,27-42,44-56,93,97H,1,4,26,43H2,2-3H3/b60-54+. The lowest BCUT2D eigenvalue weighted by Crippen LogP contribution is -2.24. The normalized spacial score (nSPS) is 12.9. The minimum Gasteiger partial charge on any atom is -0.505 e. The topological polar surface area (TPSA) is 60.0 Å². The zero-order chi connectivity index (χ0) is 65.7. The summed E-state index contributed by atoms with van der Waals surface area (Å²) >= 11 is 0. The number of aliphatic hydroxyl groups excluding tert-OH is 1. The SMILES string of the molecule is C=C/C(=C\C(=C)N(C1=CCCC(c2cccc(-c3ccccc3C)c2)=C1O)c1ccccc1)c1cccc2c1[nH]c1c(-c3ccccc3)c3c4cccc5c6cc(N(c7ccccc7)c7cccc8c7oc7c(-c9ccccc9C)cccc78)ccc6n(c3c(-c3ccccc3)c12)c54. The largest absolute Gasteiger partial charge is 0.505 e. The molecule has 0 fully saturated rings. The molecule has 0 radical (unpaired) electrons. The van der Waals surface area contributed by atoms with Crippen LogP contribution in [0.4, 0.5) is 22.7 Å². The molecule has 18 rings (SSSR count). The number of nitrogens with one attached hydrogen (secondary N) is 1. The van der Waals surface area contributed by atoms with Crippen LogP contribution in [0.15, 0.2) is 338 Å². The van der Waals surface area contributed by atoms with E-state index in [4.69, 9.17) is 11.0 Å². The third-order valence-electron chi connectivity index (χ3n) is 20.2. The van der Waals surface area contributed by atoms with Gasteiger partial charge in [0.15, 0.2) is 5.58 Å². The first-order valence-electron chi connectivity index (χ1n) is 33.7. The van der Waals surface area contributed by atoms with E-state index in [1.807, 2.05) is 24.3 Å². The molecule has 0 saturated carbocycles. The van der Waals surface area contributed by atoms with Gasteiger partial charge >= 0.3 is 0 Å². The van der Waals surface area contributed by atoms with Crippen LogP contribution in [0.25, 0.3) is 137 Å². The maximum absolute atomic E-state index is 12.7. The fourth-order valence-electron chi connectivity index (χ4n) is 15.9. The van der Waals surface area contributed by atoms with Gasteiger partial charge < -0.3 is 28.7 Å². The lowest BCUT2D eigenvalue weighted by atomic mass is 9.89. The number of anilines is 4. The number of fused-ring (bicyclic) bond motifs is 12. The van der Waals surface area contributed by atoms with Gasteiger partial charge in [0.05, 0.1) is 39.0 Å². The van der Waals surface area contributed by atoms with Gasteiger partial charge in [-0.05, 0) is 137 Å². The van der Waals surface area contributed by atoms with Gasteiger partial charge in [-0.3, -0.25) is 0 Å². The molecule has 0 atom stereocenters. The number of aliphatic hydroxyl groups is 1. The van der Waals surface area contributed by atoms with Gasteiger partial charge in [-0.2, -0.15) is 0 Å². The Balaban J connectivity index is 0.834. The van der Waals surface area contributed by atoms with E-state index in [9.17, 15) is 5.11 Å². The molecule has 0 amide bonds. The Morgan fingerprint density at radius 1 is 0.480 bits per heavy atom. The molecule has 0 bridgehead atoms. The van der Waals surface area contributed by atoms with E-state index in [-0.39, 0.29) is 5.76 Å². The number of aromatic nitrogens is 2. The number of H-pyrrole nitrogens is 1. The molecular formula is C92H66N4O2. The number of nitrogens with zero attached hydrogens (tertiary/aromatic N) is 3. The number of benzene rings is 13. The van der Waals surface area contributed by atoms with Gasteiger partial charge in [-0.1, -0.05) is 256 Å². The lowest BCUT2D eigenvalue weighted by Gasteiger charge is -2.31. The Hall–Kier alpha value is -12.6. The Morgan fingerprint density at radius 2 is 1.06 bits per heavy atom. The predicted octanol–water partition coefficient (Wildman–Crippen LogP) is 25.4. The number of hydrogen-bond acceptors (Lipinski definition) is 4. The van der Waals surface area contributed by atoms with Crippen LogP contribution in [0.2, 0.25) is 0 Å². The van der Waals surface area contributed by atoms with Crippen molar-refractivity contribution in [1.82, 2.24) is 9.38 Å². The number of hydrogen-bond donors (Lipinski definition) is 2. The summed E-state index contributed by atoms with van der Waals surface area (Å²) in [6.07, 6.45) is 7.63. The second-order valence-electron chi connectivity index (χ2n) is 25.8. The highest BCUT2D eigenvalue weighted by Crippen LogP contribution is 2.54. The first-order valence-corrected chi connectivity index (χ1v) is 33.7. The molecule has 6 nitrogen and oxygen atoms in total. The Morgan fingerprint density at radius 3 is 1.80 bits per heavy atom. The maximum Gasteiger partial charge on any atom is 0.159 e. The molecule has 17 aromatic rings. The van der Waals surface area contributed by atoms with E-state index < -0.39 is 0 Å². The average Bonchev–Trinajstić information content (AvgIpc) is 1.51. The molecule has 0 spiro atoms. The molecule has 2 N–H and O–H groups in total. The van der Waals surface area contributed by atoms with Crippen molar-refractivity contribution < 1.29 is 9.52 Å². The number of rotatable bonds is 14. The predicted molar refractivity (Wildman–Crippen MR) is 413 cm³/mol. The van der Waals surface area contributed by atoms with Crippen molar-refractivity contribution >= 4 is 116 Å². The number of allylic oxidation sites excluding steroid dienone is 5. The fourth-order valence-corrected chi connectivity index (χ4v) is 15.9. The van der Waals surface area contributed by atoms with E-state index in [1.165, 1.54) is 38.4 Å². The number of aryl methyl sites for hydroxylation is 2. The molecule has 0 saturated heterocycles. The highest BCUT2D eigenvalue weighted by atomic mass is 16.3. The van der Waals surface area contributed by atoms with E-state index in [0.717, 1.165) is 151 Å². The van der Waals surface area contributed by atoms with Crippen LogP contribution in [-0.4, -0.2) is 14.5 Å². The number of aromatic amines is 1. The second kappa shape index (κ2) is 23.4. The van der Waals surface area contributed by atoms with Crippen molar-refractivity contribution in [2.75, 3.05) is 9.80 Å². The Labute approximate surface area is 568 Å². The molecule has 4 aromatic heterocycles. The van der Waals surface area contributed by atoms with E-state index in [2.05, 4.69) is 319 Å². The highest BCUT2D eigenvalue weighted by molar-refractivity contribution is 6.36. The van der Waals surface area contributed by atoms with Gasteiger partial charge in [0, 0.05) is 93.7 Å². The monoisotopic (exact) mass is 1260 g/mol. The summed E-state index contributed by atoms with van der Waals surface area (Å²) in [7, 11) is 0. The maximum atomic E-state index is 12.7. The zero-order valence-corrected chi connectivity index (χ0v) is 54.4. The fraction of sp³-hybridized carbons (Fsp3) is 0.0435. The summed E-state index contributed by atoms with van der Waals surface area (Å²) in [5.74, 6) is 0.234. The smallest absolute Gasteiger partial charge is 0.159 e. The first kappa shape index (κ1) is 58.0. The van der Waals surface area contributed by atoms with Crippen molar-refractivity contribution in [2.45, 2.75) is 26.7 Å². The molecule has 0 aliphatic heterocycles. The summed E-state index contributed by atoms with van der Waals surface area (Å²) in [6.45, 7) is 13.7. The minimum absolute atomic E-state index is 0.234. The average molecular weight is 1260 g/mol. The summed E-state index contributed by atoms with van der Waals surface area (Å²) in [6, 6.07) is 102. The van der Waals surface area contributed by atoms with Crippen LogP contribution in [0.3, 0.4) is 0 Å². The number of para-hydroxylation sites is 6. The minimum atomic E-state index is 0.234. The van der Waals surface area contributed by atoms with Crippen LogP contribution >= 0.6 is 0 Å². The molecule has 0 unspecified atom stereocenters. The van der Waals surface area contributed by atoms with Crippen LogP contribution in [0.5, 0.6) is 0 Å². The van der Waals surface area contributed by atoms with E-state index in [0.29, 0.717) is 17.8 Å². The van der Waals surface area contributed by atoms with Crippen molar-refractivity contribution in [3.05, 3.63) is 356 Å². The van der Waals surface area contributed by atoms with Crippen LogP contribution < -0.4 is 9.80 Å². The van der Waals surface area contributed by atoms with Gasteiger partial charge in [0.25, 0.3) is 0 Å². The van der Waals surface area contributed by atoms with Crippen molar-refractivity contribution in [1.29, 1.82) is 0 Å². The molecule has 98 heavy (non-hydrogen) atoms. The zero-order valence-electron chi connectivity index (χ0n) is 54.4. The third-order valence-corrected chi connectivity index (χ3v) is 20.2. The van der Waals surface area contributed by atoms with Crippen molar-refractivity contribution in [2.24, 2.45) is 0 Å². The van der Waals surface area contributed by atoms with Crippen LogP contribution in [0.1, 0.15) is 35.1 Å².